The van der Waals surface area contributed by atoms with Crippen molar-refractivity contribution in [2.75, 3.05) is 5.73 Å². The summed E-state index contributed by atoms with van der Waals surface area (Å²) in [5, 5.41) is 3.69. The zero-order valence-corrected chi connectivity index (χ0v) is 7.58. The minimum Gasteiger partial charge on any atom is -0.380 e. The number of anilines is 1. The molecule has 2 rings (SSSR count). The van der Waals surface area contributed by atoms with E-state index in [9.17, 15) is 12.3 Å². The summed E-state index contributed by atoms with van der Waals surface area (Å²) in [6.07, 6.45) is 0. The van der Waals surface area contributed by atoms with Crippen LogP contribution in [0.1, 0.15) is 0 Å². The molecule has 0 radical (unpaired) electrons. The van der Waals surface area contributed by atoms with Crippen molar-refractivity contribution in [2.24, 2.45) is 0 Å². The van der Waals surface area contributed by atoms with E-state index in [1.807, 2.05) is 0 Å². The smallest absolute Gasteiger partial charge is 0.332 e. The summed E-state index contributed by atoms with van der Waals surface area (Å²) in [6, 6.07) is 3.46. The molecule has 0 fully saturated rings. The molecule has 2 aromatic rings. The number of fused-ring (bicyclic) bond motifs is 1. The molecule has 1 heterocycles. The zero-order valence-electron chi connectivity index (χ0n) is 6.77. The third-order valence-corrected chi connectivity index (χ3v) is 2.57. The Morgan fingerprint density at radius 1 is 1.43 bits per heavy atom. The highest BCUT2D eigenvalue weighted by atomic mass is 32.3. The summed E-state index contributed by atoms with van der Waals surface area (Å²) in [7, 11) is -4.71. The largest absolute Gasteiger partial charge is 0.380 e. The van der Waals surface area contributed by atoms with Crippen molar-refractivity contribution in [3.8, 4) is 0 Å². The number of hydrogen-bond acceptors (Lipinski definition) is 5. The van der Waals surface area contributed by atoms with Crippen LogP contribution < -0.4 is 5.73 Å². The van der Waals surface area contributed by atoms with E-state index in [0.29, 0.717) is 5.58 Å². The number of nitrogens with two attached hydrogens (primary N) is 1. The number of rotatable bonds is 1. The predicted octanol–water partition coefficient (Wildman–Crippen LogP) is 1.07. The van der Waals surface area contributed by atoms with Gasteiger partial charge in [0.2, 0.25) is 0 Å². The van der Waals surface area contributed by atoms with E-state index < -0.39 is 15.1 Å². The maximum Gasteiger partial charge on any atom is 0.332 e. The van der Waals surface area contributed by atoms with E-state index >= 15 is 0 Å². The Hall–Kier alpha value is -1.63. The Morgan fingerprint density at radius 3 is 2.79 bits per heavy atom. The molecule has 2 N–H and O–H groups in total. The van der Waals surface area contributed by atoms with Gasteiger partial charge >= 0.3 is 10.2 Å². The molecule has 0 saturated carbocycles. The van der Waals surface area contributed by atoms with Gasteiger partial charge in [-0.3, -0.25) is 0 Å². The molecule has 14 heavy (non-hydrogen) atoms. The van der Waals surface area contributed by atoms with Gasteiger partial charge in [0, 0.05) is 0 Å². The van der Waals surface area contributed by atoms with Crippen LogP contribution >= 0.6 is 0 Å². The molecule has 0 aliphatic carbocycles. The van der Waals surface area contributed by atoms with Crippen LogP contribution in [0.15, 0.2) is 27.6 Å². The quantitative estimate of drug-likeness (QED) is 0.720. The SMILES string of the molecule is Nc1noc2ccc(S(=O)(=O)F)cc12. The molecule has 0 aliphatic rings. The van der Waals surface area contributed by atoms with Crippen molar-refractivity contribution >= 4 is 27.0 Å². The van der Waals surface area contributed by atoms with Gasteiger partial charge in [0.1, 0.15) is 0 Å². The fourth-order valence-electron chi connectivity index (χ4n) is 1.09. The Labute approximate surface area is 78.5 Å². The Balaban J connectivity index is 2.79. The second kappa shape index (κ2) is 2.68. The van der Waals surface area contributed by atoms with E-state index in [0.717, 1.165) is 12.1 Å². The van der Waals surface area contributed by atoms with Crippen molar-refractivity contribution in [2.45, 2.75) is 4.90 Å². The van der Waals surface area contributed by atoms with Crippen LogP contribution in [-0.2, 0) is 10.2 Å². The van der Waals surface area contributed by atoms with E-state index in [1.165, 1.54) is 6.07 Å². The van der Waals surface area contributed by atoms with Crippen LogP contribution in [0.4, 0.5) is 9.70 Å². The molecule has 7 heteroatoms. The van der Waals surface area contributed by atoms with Crippen LogP contribution in [-0.4, -0.2) is 13.6 Å². The summed E-state index contributed by atoms with van der Waals surface area (Å²) in [5.74, 6) is 0.0329. The lowest BCUT2D eigenvalue weighted by Crippen LogP contribution is -1.91. The Kier molecular flexibility index (Phi) is 1.71. The first kappa shape index (κ1) is 8.95. The topological polar surface area (TPSA) is 86.2 Å². The number of nitrogen functional groups attached to an aromatic ring is 1. The van der Waals surface area contributed by atoms with E-state index in [4.69, 9.17) is 10.3 Å². The fraction of sp³-hybridized carbons (Fsp3) is 0. The Bertz CT molecular complexity index is 590. The van der Waals surface area contributed by atoms with Crippen LogP contribution in [0.5, 0.6) is 0 Å². The van der Waals surface area contributed by atoms with Crippen molar-refractivity contribution in [1.82, 2.24) is 5.16 Å². The Morgan fingerprint density at radius 2 is 2.14 bits per heavy atom. The summed E-state index contributed by atoms with van der Waals surface area (Å²) in [4.78, 5) is -0.458. The average Bonchev–Trinajstić information content (AvgIpc) is 2.46. The van der Waals surface area contributed by atoms with Gasteiger partial charge < -0.3 is 10.3 Å². The van der Waals surface area contributed by atoms with E-state index in [2.05, 4.69) is 5.16 Å². The van der Waals surface area contributed by atoms with Crippen LogP contribution in [0.2, 0.25) is 0 Å². The maximum atomic E-state index is 12.6. The van der Waals surface area contributed by atoms with Crippen molar-refractivity contribution in [3.05, 3.63) is 18.2 Å². The molecule has 0 spiro atoms. The van der Waals surface area contributed by atoms with Crippen LogP contribution in [0, 0.1) is 0 Å². The minimum atomic E-state index is -4.71. The first-order chi connectivity index (χ1) is 6.48. The number of nitrogens with zero attached hydrogens (tertiary/aromatic N) is 1. The highest BCUT2D eigenvalue weighted by Gasteiger charge is 2.14. The first-order valence-corrected chi connectivity index (χ1v) is 4.96. The maximum absolute atomic E-state index is 12.6. The number of benzene rings is 1. The second-order valence-corrected chi connectivity index (χ2v) is 4.01. The lowest BCUT2D eigenvalue weighted by atomic mass is 10.2. The van der Waals surface area contributed by atoms with Gasteiger partial charge in [-0.15, -0.1) is 3.89 Å². The molecule has 0 saturated heterocycles. The molecule has 0 bridgehead atoms. The molecule has 1 aromatic heterocycles. The van der Waals surface area contributed by atoms with E-state index in [-0.39, 0.29) is 11.2 Å². The van der Waals surface area contributed by atoms with Gasteiger partial charge in [-0.05, 0) is 18.2 Å². The highest BCUT2D eigenvalue weighted by molar-refractivity contribution is 7.86. The molecule has 74 valence electrons. The molecule has 5 nitrogen and oxygen atoms in total. The van der Waals surface area contributed by atoms with E-state index in [1.54, 1.807) is 0 Å². The van der Waals surface area contributed by atoms with Gasteiger partial charge in [0.05, 0.1) is 10.3 Å². The third kappa shape index (κ3) is 1.31. The predicted molar refractivity (Wildman–Crippen MR) is 46.7 cm³/mol. The molecule has 0 amide bonds. The van der Waals surface area contributed by atoms with Crippen molar-refractivity contribution < 1.29 is 16.8 Å². The fourth-order valence-corrected chi connectivity index (χ4v) is 1.58. The molecule has 0 unspecified atom stereocenters. The van der Waals surface area contributed by atoms with Gasteiger partial charge in [0.15, 0.2) is 11.4 Å². The zero-order chi connectivity index (χ0) is 10.3. The number of halogens is 1. The van der Waals surface area contributed by atoms with Crippen molar-refractivity contribution in [3.63, 3.8) is 0 Å². The highest BCUT2D eigenvalue weighted by Crippen LogP contribution is 2.24. The van der Waals surface area contributed by atoms with Crippen molar-refractivity contribution in [1.29, 1.82) is 0 Å². The van der Waals surface area contributed by atoms with Gasteiger partial charge in [-0.2, -0.15) is 8.42 Å². The van der Waals surface area contributed by atoms with Gasteiger partial charge in [-0.1, -0.05) is 5.16 Å². The summed E-state index contributed by atoms with van der Waals surface area (Å²) >= 11 is 0. The normalized spacial score (nSPS) is 12.1. The number of aromatic nitrogens is 1. The first-order valence-electron chi connectivity index (χ1n) is 3.58. The minimum absolute atomic E-state index is 0.0329. The standard InChI is InChI=1S/C7H5FN2O3S/c8-14(11,12)4-1-2-6-5(3-4)7(9)10-13-6/h1-3H,(H2,9,10). The summed E-state index contributed by atoms with van der Waals surface area (Å²) in [6.45, 7) is 0. The third-order valence-electron chi connectivity index (χ3n) is 1.75. The molecular formula is C7H5FN2O3S. The van der Waals surface area contributed by atoms with Crippen LogP contribution in [0.3, 0.4) is 0 Å². The molecule has 0 aliphatic heterocycles. The molecule has 1 aromatic carbocycles. The molecule has 0 atom stereocenters. The number of hydrogen-bond donors (Lipinski definition) is 1. The van der Waals surface area contributed by atoms with Crippen LogP contribution in [0.25, 0.3) is 11.0 Å². The summed E-state index contributed by atoms with van der Waals surface area (Å²) in [5.41, 5.74) is 5.68. The summed E-state index contributed by atoms with van der Waals surface area (Å²) < 4.78 is 38.4. The monoisotopic (exact) mass is 216 g/mol. The van der Waals surface area contributed by atoms with Gasteiger partial charge in [-0.25, -0.2) is 0 Å². The average molecular weight is 216 g/mol. The van der Waals surface area contributed by atoms with Gasteiger partial charge in [0.25, 0.3) is 0 Å². The molecular weight excluding hydrogens is 211 g/mol. The lowest BCUT2D eigenvalue weighted by Gasteiger charge is -1.93. The second-order valence-electron chi connectivity index (χ2n) is 2.66. The lowest BCUT2D eigenvalue weighted by molar-refractivity contribution is 0.460.